The lowest BCUT2D eigenvalue weighted by Crippen LogP contribution is -2.20. The average molecular weight is 205 g/mol. The highest BCUT2D eigenvalue weighted by Gasteiger charge is 2.00. The molecule has 0 rings (SSSR count). The molecule has 1 atom stereocenters. The second-order valence-electron chi connectivity index (χ2n) is 2.48. The summed E-state index contributed by atoms with van der Waals surface area (Å²) in [5.41, 5.74) is 7.92. The van der Waals surface area contributed by atoms with Crippen LogP contribution in [0.1, 0.15) is 0 Å². The standard InChI is InChI=1S/C7H15N3O4/c8-10-9-1-2-13-3-4-14-6-7(12)5-11/h7,11-12H,1-6H2. The third-order valence-electron chi connectivity index (χ3n) is 1.29. The fourth-order valence-corrected chi connectivity index (χ4v) is 0.642. The smallest absolute Gasteiger partial charge is 0.100 e. The van der Waals surface area contributed by atoms with Gasteiger partial charge < -0.3 is 19.7 Å². The normalized spacial score (nSPS) is 12.1. The molecule has 0 radical (unpaired) electrons. The first kappa shape index (κ1) is 13.2. The maximum Gasteiger partial charge on any atom is 0.100 e. The Bertz CT molecular complexity index is 172. The van der Waals surface area contributed by atoms with Crippen LogP contribution in [0.25, 0.3) is 10.4 Å². The number of hydrogen-bond donors (Lipinski definition) is 2. The number of aliphatic hydroxyl groups is 2. The minimum Gasteiger partial charge on any atom is -0.394 e. The molecular weight excluding hydrogens is 190 g/mol. The molecular formula is C7H15N3O4. The van der Waals surface area contributed by atoms with E-state index in [1.165, 1.54) is 0 Å². The molecule has 0 amide bonds. The second-order valence-corrected chi connectivity index (χ2v) is 2.48. The van der Waals surface area contributed by atoms with Gasteiger partial charge in [-0.25, -0.2) is 0 Å². The zero-order valence-corrected chi connectivity index (χ0v) is 7.87. The molecule has 14 heavy (non-hydrogen) atoms. The van der Waals surface area contributed by atoms with Crippen LogP contribution in [-0.2, 0) is 9.47 Å². The second kappa shape index (κ2) is 10.2. The summed E-state index contributed by atoms with van der Waals surface area (Å²) in [7, 11) is 0. The summed E-state index contributed by atoms with van der Waals surface area (Å²) in [6.07, 6.45) is -0.835. The van der Waals surface area contributed by atoms with Gasteiger partial charge in [0.2, 0.25) is 0 Å². The zero-order valence-electron chi connectivity index (χ0n) is 7.87. The summed E-state index contributed by atoms with van der Waals surface area (Å²) in [6.45, 7) is 1.16. The number of rotatable bonds is 9. The number of nitrogens with zero attached hydrogens (tertiary/aromatic N) is 3. The lowest BCUT2D eigenvalue weighted by atomic mass is 10.4. The van der Waals surface area contributed by atoms with Gasteiger partial charge in [-0.3, -0.25) is 0 Å². The van der Waals surface area contributed by atoms with Gasteiger partial charge in [-0.05, 0) is 5.53 Å². The highest BCUT2D eigenvalue weighted by molar-refractivity contribution is 4.48. The van der Waals surface area contributed by atoms with Crippen LogP contribution >= 0.6 is 0 Å². The van der Waals surface area contributed by atoms with E-state index in [1.54, 1.807) is 0 Å². The van der Waals surface area contributed by atoms with Crippen molar-refractivity contribution in [2.75, 3.05) is 39.6 Å². The van der Waals surface area contributed by atoms with E-state index in [4.69, 9.17) is 25.2 Å². The van der Waals surface area contributed by atoms with Crippen LogP contribution < -0.4 is 0 Å². The number of azide groups is 1. The Hall–Kier alpha value is -0.850. The van der Waals surface area contributed by atoms with Crippen LogP contribution in [0.3, 0.4) is 0 Å². The Morgan fingerprint density at radius 1 is 1.29 bits per heavy atom. The van der Waals surface area contributed by atoms with Crippen molar-refractivity contribution in [2.24, 2.45) is 5.11 Å². The van der Waals surface area contributed by atoms with Crippen molar-refractivity contribution >= 4 is 0 Å². The molecule has 0 fully saturated rings. The molecule has 0 heterocycles. The van der Waals surface area contributed by atoms with Crippen molar-refractivity contribution < 1.29 is 19.7 Å². The third kappa shape index (κ3) is 9.24. The van der Waals surface area contributed by atoms with Crippen molar-refractivity contribution in [1.29, 1.82) is 0 Å². The van der Waals surface area contributed by atoms with E-state index < -0.39 is 6.10 Å². The molecule has 0 aliphatic carbocycles. The predicted molar refractivity (Wildman–Crippen MR) is 48.7 cm³/mol. The highest BCUT2D eigenvalue weighted by Crippen LogP contribution is 1.84. The van der Waals surface area contributed by atoms with Crippen molar-refractivity contribution in [2.45, 2.75) is 6.10 Å². The SMILES string of the molecule is [N-]=[N+]=NCCOCCOCC(O)CO. The van der Waals surface area contributed by atoms with Gasteiger partial charge in [-0.2, -0.15) is 0 Å². The number of hydrogen-bond acceptors (Lipinski definition) is 5. The Kier molecular flexibility index (Phi) is 9.61. The topological polar surface area (TPSA) is 108 Å². The van der Waals surface area contributed by atoms with Crippen molar-refractivity contribution in [1.82, 2.24) is 0 Å². The maximum atomic E-state index is 8.86. The summed E-state index contributed by atoms with van der Waals surface area (Å²) >= 11 is 0. The van der Waals surface area contributed by atoms with E-state index in [1.807, 2.05) is 0 Å². The highest BCUT2D eigenvalue weighted by atomic mass is 16.5. The van der Waals surface area contributed by atoms with Crippen LogP contribution in [-0.4, -0.2) is 55.9 Å². The summed E-state index contributed by atoms with van der Waals surface area (Å²) < 4.78 is 9.97. The Morgan fingerprint density at radius 2 is 2.00 bits per heavy atom. The molecule has 7 heteroatoms. The summed E-state index contributed by atoms with van der Waals surface area (Å²) in [6, 6.07) is 0. The van der Waals surface area contributed by atoms with E-state index in [9.17, 15) is 0 Å². The third-order valence-corrected chi connectivity index (χ3v) is 1.29. The van der Waals surface area contributed by atoms with Crippen LogP contribution in [0.4, 0.5) is 0 Å². The van der Waals surface area contributed by atoms with Gasteiger partial charge in [-0.15, -0.1) is 0 Å². The van der Waals surface area contributed by atoms with E-state index in [2.05, 4.69) is 10.0 Å². The number of ether oxygens (including phenoxy) is 2. The van der Waals surface area contributed by atoms with E-state index in [-0.39, 0.29) is 13.2 Å². The molecule has 0 spiro atoms. The molecule has 0 saturated heterocycles. The molecule has 0 saturated carbocycles. The van der Waals surface area contributed by atoms with E-state index in [0.29, 0.717) is 26.4 Å². The molecule has 1 unspecified atom stereocenters. The maximum absolute atomic E-state index is 8.86. The first-order valence-corrected chi connectivity index (χ1v) is 4.26. The van der Waals surface area contributed by atoms with Crippen molar-refractivity contribution in [3.05, 3.63) is 10.4 Å². The fourth-order valence-electron chi connectivity index (χ4n) is 0.642. The van der Waals surface area contributed by atoms with Crippen molar-refractivity contribution in [3.8, 4) is 0 Å². The summed E-state index contributed by atoms with van der Waals surface area (Å²) in [5, 5.41) is 20.6. The van der Waals surface area contributed by atoms with Gasteiger partial charge in [-0.1, -0.05) is 5.11 Å². The lowest BCUT2D eigenvalue weighted by molar-refractivity contribution is -0.0138. The van der Waals surface area contributed by atoms with Crippen LogP contribution in [0.2, 0.25) is 0 Å². The Morgan fingerprint density at radius 3 is 2.64 bits per heavy atom. The largest absolute Gasteiger partial charge is 0.394 e. The number of aliphatic hydroxyl groups excluding tert-OH is 2. The monoisotopic (exact) mass is 205 g/mol. The first-order valence-electron chi connectivity index (χ1n) is 4.26. The molecule has 0 aliphatic heterocycles. The van der Waals surface area contributed by atoms with Gasteiger partial charge in [0.25, 0.3) is 0 Å². The molecule has 0 aromatic carbocycles. The fraction of sp³-hybridized carbons (Fsp3) is 1.00. The summed E-state index contributed by atoms with van der Waals surface area (Å²) in [4.78, 5) is 2.56. The van der Waals surface area contributed by atoms with E-state index >= 15 is 0 Å². The first-order chi connectivity index (χ1) is 6.81. The van der Waals surface area contributed by atoms with Crippen molar-refractivity contribution in [3.63, 3.8) is 0 Å². The van der Waals surface area contributed by atoms with Crippen LogP contribution in [0.15, 0.2) is 5.11 Å². The molecule has 0 bridgehead atoms. The molecule has 2 N–H and O–H groups in total. The minimum atomic E-state index is -0.835. The van der Waals surface area contributed by atoms with Gasteiger partial charge in [0.05, 0.1) is 33.0 Å². The molecule has 0 aromatic rings. The zero-order chi connectivity index (χ0) is 10.6. The van der Waals surface area contributed by atoms with Gasteiger partial charge in [0.1, 0.15) is 6.10 Å². The quantitative estimate of drug-likeness (QED) is 0.233. The Labute approximate surface area is 81.9 Å². The predicted octanol–water partition coefficient (Wildman–Crippen LogP) is -0.317. The van der Waals surface area contributed by atoms with Gasteiger partial charge in [0.15, 0.2) is 0 Å². The van der Waals surface area contributed by atoms with Crippen LogP contribution in [0, 0.1) is 0 Å². The molecule has 0 aromatic heterocycles. The molecule has 7 nitrogen and oxygen atoms in total. The average Bonchev–Trinajstić information content (AvgIpc) is 2.21. The minimum absolute atomic E-state index is 0.0935. The lowest BCUT2D eigenvalue weighted by Gasteiger charge is -2.07. The molecule has 82 valence electrons. The van der Waals surface area contributed by atoms with Gasteiger partial charge in [0, 0.05) is 11.5 Å². The van der Waals surface area contributed by atoms with Gasteiger partial charge >= 0.3 is 0 Å². The summed E-state index contributed by atoms with van der Waals surface area (Å²) in [5.74, 6) is 0. The molecule has 0 aliphatic rings. The Balaban J connectivity index is 3.02. The van der Waals surface area contributed by atoms with E-state index in [0.717, 1.165) is 0 Å². The van der Waals surface area contributed by atoms with Crippen LogP contribution in [0.5, 0.6) is 0 Å².